The molecule has 6 heterocycles. The Morgan fingerprint density at radius 2 is 0.829 bits per heavy atom. The van der Waals surface area contributed by atoms with Gasteiger partial charge in [0.2, 0.25) is 23.6 Å². The molecule has 0 radical (unpaired) electrons. The van der Waals surface area contributed by atoms with Crippen LogP contribution in [0.2, 0.25) is 0 Å². The number of nitrogens with one attached hydrogen (secondary N) is 6. The predicted octanol–water partition coefficient (Wildman–Crippen LogP) is 7.73. The van der Waals surface area contributed by atoms with Crippen LogP contribution in [0.3, 0.4) is 0 Å². The lowest BCUT2D eigenvalue weighted by Crippen LogP contribution is -2.55. The fourth-order valence-electron chi connectivity index (χ4n) is 18.9. The summed E-state index contributed by atoms with van der Waals surface area (Å²) in [5.74, 6) is -0.730. The molecular formula is C79H95N11O15. The summed E-state index contributed by atoms with van der Waals surface area (Å²) in [5.41, 5.74) is 8.91. The van der Waals surface area contributed by atoms with Crippen molar-refractivity contribution in [1.82, 2.24) is 45.6 Å². The van der Waals surface area contributed by atoms with Gasteiger partial charge in [-0.3, -0.25) is 47.9 Å². The molecule has 3 aliphatic heterocycles. The van der Waals surface area contributed by atoms with E-state index in [2.05, 4.69) is 78.5 Å². The van der Waals surface area contributed by atoms with Gasteiger partial charge in [-0.1, -0.05) is 59.7 Å². The number of methoxy groups -OCH3 is 4. The first kappa shape index (κ1) is 73.3. The molecule has 6 aliphatic carbocycles. The molecule has 105 heavy (non-hydrogen) atoms. The van der Waals surface area contributed by atoms with Crippen molar-refractivity contribution >= 4 is 97.4 Å². The van der Waals surface area contributed by atoms with Gasteiger partial charge in [0, 0.05) is 89.4 Å². The van der Waals surface area contributed by atoms with Gasteiger partial charge >= 0.3 is 5.97 Å². The minimum absolute atomic E-state index is 0.00740. The summed E-state index contributed by atoms with van der Waals surface area (Å²) in [7, 11) is 6.02. The standard InChI is InChI=1S/C27H33N3O6.C26H32N4O5.C26H30N4O4/c1-27(2)16-13-30(25(33)18-12-15-17(28-18)8-6-10-21(15)35-3)23(22(16)27)24(32)29-19(26(34)36-4)11-14-7-5-9-20(14)31;1-26(2)15-12-30(25(34)18-11-14-16(28-18)7-5-9-20(14)35-3)22(21(15)26)24(33)29-17(23(27)32)10-13-6-4-8-19(13)31;1-26(2)17-13-30(25(33)19-11-16-18(29-19)7-5-9-21(16)34-3)23(22(17)26)24(32)28-15(12-27)10-14-6-4-8-20(14)31/h6,8,10,12,14,16,19,22-23,28H,5,7,9,11,13H2,1-4H3,(H,29,32);5,7,9,11,13,15,17,21-22,28H,4,6,8,10,12H2,1-3H3,(H2,27,32)(H,29,33);5,7,9,11,14-15,17,22-23,29H,4,6,8,10,13H2,1-3H3,(H,28,32)/t14-,16-,19-,22-,23-;13-,15-,17-,21-,22-;14-,15-,17-,22-,23-/m000/s1. The van der Waals surface area contributed by atoms with Crippen molar-refractivity contribution in [3.63, 3.8) is 0 Å². The van der Waals surface area contributed by atoms with Gasteiger partial charge in [-0.2, -0.15) is 5.26 Å². The largest absolute Gasteiger partial charge is 0.496 e. The van der Waals surface area contributed by atoms with Crippen LogP contribution in [0.25, 0.3) is 32.7 Å². The van der Waals surface area contributed by atoms with Crippen molar-refractivity contribution in [2.45, 2.75) is 155 Å². The van der Waals surface area contributed by atoms with Crippen LogP contribution in [-0.4, -0.2) is 179 Å². The maximum atomic E-state index is 13.6. The van der Waals surface area contributed by atoms with Crippen molar-refractivity contribution in [2.24, 2.45) is 75.2 Å². The average Bonchev–Trinajstić information content (AvgIpc) is 1.54. The van der Waals surface area contributed by atoms with Gasteiger partial charge in [0.15, 0.2) is 0 Å². The number of hydrogen-bond acceptors (Lipinski definition) is 16. The summed E-state index contributed by atoms with van der Waals surface area (Å²) in [6.45, 7) is 14.1. The van der Waals surface area contributed by atoms with E-state index in [1.807, 2.05) is 54.6 Å². The lowest BCUT2D eigenvalue weighted by molar-refractivity contribution is -0.146. The van der Waals surface area contributed by atoms with Gasteiger partial charge in [0.1, 0.15) is 87.9 Å². The number of amides is 7. The number of primary amides is 1. The molecule has 9 fully saturated rings. The van der Waals surface area contributed by atoms with E-state index in [1.54, 1.807) is 54.2 Å². The molecule has 3 aromatic carbocycles. The van der Waals surface area contributed by atoms with Gasteiger partial charge in [-0.25, -0.2) is 4.79 Å². The molecule has 9 aliphatic rings. The molecule has 556 valence electrons. The predicted molar refractivity (Wildman–Crippen MR) is 385 cm³/mol. The van der Waals surface area contributed by atoms with Crippen LogP contribution in [0.4, 0.5) is 0 Å². The Morgan fingerprint density at radius 3 is 1.13 bits per heavy atom. The van der Waals surface area contributed by atoms with E-state index in [0.717, 1.165) is 58.4 Å². The fourth-order valence-corrected chi connectivity index (χ4v) is 18.9. The van der Waals surface area contributed by atoms with Crippen LogP contribution in [0, 0.1) is 80.8 Å². The Hall–Kier alpha value is -10.1. The number of Topliss-reactive ketones (excluding diaryl/α,β-unsaturated/α-hetero) is 3. The fraction of sp³-hybridized carbons (Fsp3) is 0.544. The molecule has 26 heteroatoms. The molecule has 26 nitrogen and oxygen atoms in total. The molecule has 3 aromatic heterocycles. The van der Waals surface area contributed by atoms with Gasteiger partial charge < -0.3 is 70.3 Å². The number of ketones is 3. The van der Waals surface area contributed by atoms with E-state index in [9.17, 15) is 58.0 Å². The average molecular weight is 1440 g/mol. The number of carbonyl (C=O) groups excluding carboxylic acids is 11. The molecule has 6 saturated carbocycles. The van der Waals surface area contributed by atoms with Crippen LogP contribution < -0.4 is 35.9 Å². The van der Waals surface area contributed by atoms with Gasteiger partial charge in [-0.05, 0) is 164 Å². The van der Waals surface area contributed by atoms with Crippen LogP contribution >= 0.6 is 0 Å². The summed E-state index contributed by atoms with van der Waals surface area (Å²) in [5, 5.41) is 20.5. The Morgan fingerprint density at radius 1 is 0.505 bits per heavy atom. The topological polar surface area (TPSA) is 368 Å². The lowest BCUT2D eigenvalue weighted by Gasteiger charge is -2.31. The number of H-pyrrole nitrogens is 3. The third-order valence-electron chi connectivity index (χ3n) is 25.2. The number of rotatable bonds is 20. The van der Waals surface area contributed by atoms with Crippen molar-refractivity contribution in [3.8, 4) is 23.3 Å². The second-order valence-electron chi connectivity index (χ2n) is 32.0. The van der Waals surface area contributed by atoms with E-state index in [0.29, 0.717) is 92.5 Å². The molecule has 0 unspecified atom stereocenters. The van der Waals surface area contributed by atoms with Gasteiger partial charge in [0.05, 0.1) is 34.5 Å². The maximum Gasteiger partial charge on any atom is 0.328 e. The molecule has 15 rings (SSSR count). The highest BCUT2D eigenvalue weighted by atomic mass is 16.5. The Labute approximate surface area is 608 Å². The number of fused-ring (bicyclic) bond motifs is 6. The van der Waals surface area contributed by atoms with Crippen LogP contribution in [0.15, 0.2) is 72.8 Å². The third-order valence-corrected chi connectivity index (χ3v) is 25.2. The number of esters is 1. The van der Waals surface area contributed by atoms with Crippen molar-refractivity contribution in [2.75, 3.05) is 48.1 Å². The molecule has 3 saturated heterocycles. The zero-order valence-corrected chi connectivity index (χ0v) is 61.2. The summed E-state index contributed by atoms with van der Waals surface area (Å²) in [6, 6.07) is 19.4. The van der Waals surface area contributed by atoms with E-state index in [-0.39, 0.29) is 135 Å². The zero-order valence-electron chi connectivity index (χ0n) is 61.2. The van der Waals surface area contributed by atoms with Crippen LogP contribution in [0.5, 0.6) is 17.2 Å². The molecule has 6 aromatic rings. The summed E-state index contributed by atoms with van der Waals surface area (Å²) in [6.07, 6.45) is 6.92. The summed E-state index contributed by atoms with van der Waals surface area (Å²) in [4.78, 5) is 157. The third kappa shape index (κ3) is 13.6. The lowest BCUT2D eigenvalue weighted by atomic mass is 9.96. The molecule has 7 amide bonds. The second-order valence-corrected chi connectivity index (χ2v) is 32.0. The van der Waals surface area contributed by atoms with Crippen LogP contribution in [-0.2, 0) is 43.1 Å². The molecular weight excluding hydrogens is 1340 g/mol. The number of likely N-dealkylation sites (tertiary alicyclic amines) is 3. The Bertz CT molecular complexity index is 4560. The minimum Gasteiger partial charge on any atom is -0.496 e. The number of carbonyl (C=O) groups is 11. The van der Waals surface area contributed by atoms with E-state index in [1.165, 1.54) is 7.11 Å². The first-order chi connectivity index (χ1) is 50.1. The summed E-state index contributed by atoms with van der Waals surface area (Å²) >= 11 is 0. The number of benzene rings is 3. The number of ether oxygens (including phenoxy) is 4. The number of hydrogen-bond donors (Lipinski definition) is 7. The number of nitrogens with zero attached hydrogens (tertiary/aromatic N) is 4. The molecule has 8 N–H and O–H groups in total. The number of aromatic amines is 3. The monoisotopic (exact) mass is 1440 g/mol. The SMILES string of the molecule is COC(=O)[C@H](C[C@@H]1CCCC1=O)NC(=O)[C@@H]1[C@@H]2[C@H](CN1C(=O)c1cc3c(OC)cccc3[nH]1)C2(C)C.COc1cccc2[nH]c(C(=O)N3C[C@H]4[C@@H]([C@H]3C(=O)N[C@@H](C[C@@H]3CCCC3=O)C(N)=O)C4(C)C)cc12.COc1cccc2[nH]c(C(=O)N3C[C@H]4[C@@H]([C@H]3C(=O)N[C@H](C#N)C[C@@H]3CCCC3=O)C4(C)C)cc12. The first-order valence-corrected chi connectivity index (χ1v) is 36.7. The van der Waals surface area contributed by atoms with Crippen LogP contribution in [0.1, 0.15) is 150 Å². The van der Waals surface area contributed by atoms with Gasteiger partial charge in [0.25, 0.3) is 17.7 Å². The van der Waals surface area contributed by atoms with E-state index in [4.69, 9.17) is 24.7 Å². The van der Waals surface area contributed by atoms with E-state index < -0.39 is 48.1 Å². The molecule has 15 atom stereocenters. The van der Waals surface area contributed by atoms with Crippen molar-refractivity contribution in [1.29, 1.82) is 5.26 Å². The molecule has 0 spiro atoms. The zero-order chi connectivity index (χ0) is 75.0. The Balaban J connectivity index is 0.000000140. The highest BCUT2D eigenvalue weighted by molar-refractivity contribution is 6.05. The normalized spacial score (nSPS) is 27.4. The smallest absolute Gasteiger partial charge is 0.328 e. The van der Waals surface area contributed by atoms with Crippen molar-refractivity contribution < 1.29 is 71.7 Å². The second kappa shape index (κ2) is 28.4. The number of nitrogens with two attached hydrogens (primary N) is 1. The number of piperidine rings is 3. The first-order valence-electron chi connectivity index (χ1n) is 36.7. The maximum absolute atomic E-state index is 13.6. The van der Waals surface area contributed by atoms with Gasteiger partial charge in [-0.15, -0.1) is 0 Å². The Kier molecular flexibility index (Phi) is 19.8. The highest BCUT2D eigenvalue weighted by Gasteiger charge is 2.72. The molecule has 0 bridgehead atoms. The quantitative estimate of drug-likeness (QED) is 0.0359. The van der Waals surface area contributed by atoms with Crippen molar-refractivity contribution in [3.05, 3.63) is 89.9 Å². The number of nitriles is 1. The van der Waals surface area contributed by atoms with E-state index >= 15 is 0 Å². The highest BCUT2D eigenvalue weighted by Crippen LogP contribution is 2.67. The summed E-state index contributed by atoms with van der Waals surface area (Å²) < 4.78 is 21.2. The number of aromatic nitrogens is 3. The minimum atomic E-state index is -0.940.